The lowest BCUT2D eigenvalue weighted by Gasteiger charge is -2.36. The molecule has 1 aliphatic heterocycles. The Kier molecular flexibility index (Phi) is 6.03. The van der Waals surface area contributed by atoms with Gasteiger partial charge in [-0.25, -0.2) is 0 Å². The summed E-state index contributed by atoms with van der Waals surface area (Å²) in [6.07, 6.45) is 3.98. The van der Waals surface area contributed by atoms with Gasteiger partial charge in [0, 0.05) is 59.5 Å². The van der Waals surface area contributed by atoms with Crippen LogP contribution in [0.4, 0.5) is 5.69 Å². The van der Waals surface area contributed by atoms with Gasteiger partial charge in [0.1, 0.15) is 5.75 Å². The number of nitrogens with zero attached hydrogens (tertiary/aromatic N) is 3. The molecular weight excluding hydrogens is 483 g/mol. The zero-order valence-electron chi connectivity index (χ0n) is 19.6. The second kappa shape index (κ2) is 9.02. The maximum atomic E-state index is 13.7. The average molecular weight is 507 g/mol. The van der Waals surface area contributed by atoms with Gasteiger partial charge in [-0.05, 0) is 37.3 Å². The molecule has 6 nitrogen and oxygen atoms in total. The molecule has 1 aliphatic rings. The van der Waals surface area contributed by atoms with Crippen LogP contribution in [-0.2, 0) is 5.54 Å². The SMILES string of the molecule is CN(C)c1c(C(=O)N[C@]2(C)CCOc3ccccc32)cnc2c(-c3cc(Cl)cc(Cl)c3)nccc12. The zero-order valence-corrected chi connectivity index (χ0v) is 21.1. The van der Waals surface area contributed by atoms with Gasteiger partial charge in [-0.2, -0.15) is 0 Å². The summed E-state index contributed by atoms with van der Waals surface area (Å²) in [4.78, 5) is 24.8. The van der Waals surface area contributed by atoms with Crippen LogP contribution < -0.4 is 15.0 Å². The second-order valence-electron chi connectivity index (χ2n) is 9.01. The van der Waals surface area contributed by atoms with Crippen molar-refractivity contribution < 1.29 is 9.53 Å². The summed E-state index contributed by atoms with van der Waals surface area (Å²) in [5.41, 5.74) is 3.70. The predicted molar refractivity (Wildman–Crippen MR) is 141 cm³/mol. The lowest BCUT2D eigenvalue weighted by molar-refractivity contribution is 0.0873. The van der Waals surface area contributed by atoms with Crippen molar-refractivity contribution in [3.63, 3.8) is 0 Å². The molecule has 2 aromatic heterocycles. The molecular formula is C27H24Cl2N4O2. The van der Waals surface area contributed by atoms with E-state index in [1.807, 2.05) is 56.3 Å². The van der Waals surface area contributed by atoms with Crippen molar-refractivity contribution in [1.29, 1.82) is 0 Å². The Morgan fingerprint density at radius 1 is 1.09 bits per heavy atom. The number of benzene rings is 2. The number of para-hydroxylation sites is 1. The number of nitrogens with one attached hydrogen (secondary N) is 1. The number of anilines is 1. The van der Waals surface area contributed by atoms with Gasteiger partial charge in [0.05, 0.1) is 34.6 Å². The molecule has 2 aromatic carbocycles. The monoisotopic (exact) mass is 506 g/mol. The van der Waals surface area contributed by atoms with E-state index in [1.165, 1.54) is 0 Å². The zero-order chi connectivity index (χ0) is 24.7. The Labute approximate surface area is 213 Å². The third-order valence-electron chi connectivity index (χ3n) is 6.32. The summed E-state index contributed by atoms with van der Waals surface area (Å²) in [5, 5.41) is 5.09. The van der Waals surface area contributed by atoms with Crippen LogP contribution in [0.5, 0.6) is 5.75 Å². The first-order valence-corrected chi connectivity index (χ1v) is 12.0. The van der Waals surface area contributed by atoms with Crippen LogP contribution in [-0.4, -0.2) is 36.6 Å². The normalized spacial score (nSPS) is 16.9. The standard InChI is InChI=1S/C27H24Cl2N4O2/c1-27(9-11-35-22-7-5-4-6-21(22)27)32-26(34)20-15-31-24-19(25(20)33(2)3)8-10-30-23(24)16-12-17(28)14-18(29)13-16/h4-8,10,12-15H,9,11H2,1-3H3,(H,32,34)/t27-/m1/s1. The van der Waals surface area contributed by atoms with Gasteiger partial charge in [0.2, 0.25) is 0 Å². The molecule has 5 rings (SSSR count). The number of ether oxygens (including phenoxy) is 1. The van der Waals surface area contributed by atoms with E-state index < -0.39 is 5.54 Å². The van der Waals surface area contributed by atoms with Crippen LogP contribution in [0, 0.1) is 0 Å². The molecule has 8 heteroatoms. The molecule has 0 fully saturated rings. The summed E-state index contributed by atoms with van der Waals surface area (Å²) >= 11 is 12.5. The molecule has 0 saturated carbocycles. The van der Waals surface area contributed by atoms with Crippen molar-refractivity contribution in [3.8, 4) is 17.0 Å². The van der Waals surface area contributed by atoms with Crippen molar-refractivity contribution in [1.82, 2.24) is 15.3 Å². The van der Waals surface area contributed by atoms with Crippen LogP contribution in [0.15, 0.2) is 60.9 Å². The van der Waals surface area contributed by atoms with Crippen molar-refractivity contribution in [2.75, 3.05) is 25.6 Å². The number of rotatable bonds is 4. The van der Waals surface area contributed by atoms with Crippen molar-refractivity contribution >= 4 is 45.7 Å². The van der Waals surface area contributed by atoms with E-state index >= 15 is 0 Å². The highest BCUT2D eigenvalue weighted by Gasteiger charge is 2.35. The topological polar surface area (TPSA) is 67.4 Å². The van der Waals surface area contributed by atoms with E-state index in [1.54, 1.807) is 30.6 Å². The quantitative estimate of drug-likeness (QED) is 0.362. The molecule has 178 valence electrons. The smallest absolute Gasteiger partial charge is 0.255 e. The number of carbonyl (C=O) groups excluding carboxylic acids is 1. The van der Waals surface area contributed by atoms with Crippen LogP contribution in [0.1, 0.15) is 29.3 Å². The second-order valence-corrected chi connectivity index (χ2v) is 9.88. The fourth-order valence-electron chi connectivity index (χ4n) is 4.66. The molecule has 0 bridgehead atoms. The van der Waals surface area contributed by atoms with Gasteiger partial charge in [-0.15, -0.1) is 0 Å². The number of halogens is 2. The van der Waals surface area contributed by atoms with E-state index in [-0.39, 0.29) is 5.91 Å². The predicted octanol–water partition coefficient (Wildman–Crippen LogP) is 6.10. The van der Waals surface area contributed by atoms with Gasteiger partial charge in [0.25, 0.3) is 5.91 Å². The van der Waals surface area contributed by atoms with Crippen molar-refractivity contribution in [2.45, 2.75) is 18.9 Å². The Bertz CT molecular complexity index is 1440. The van der Waals surface area contributed by atoms with Gasteiger partial charge in [-0.1, -0.05) is 41.4 Å². The summed E-state index contributed by atoms with van der Waals surface area (Å²) in [7, 11) is 3.82. The maximum absolute atomic E-state index is 13.7. The third kappa shape index (κ3) is 4.28. The van der Waals surface area contributed by atoms with Gasteiger partial charge in [0.15, 0.2) is 0 Å². The lowest BCUT2D eigenvalue weighted by atomic mass is 9.86. The molecule has 1 amide bonds. The summed E-state index contributed by atoms with van der Waals surface area (Å²) in [6, 6.07) is 15.0. The number of carbonyl (C=O) groups is 1. The molecule has 3 heterocycles. The van der Waals surface area contributed by atoms with E-state index in [2.05, 4.69) is 15.3 Å². The first kappa shape index (κ1) is 23.4. The Morgan fingerprint density at radius 2 is 1.83 bits per heavy atom. The van der Waals surface area contributed by atoms with Crippen molar-refractivity contribution in [3.05, 3.63) is 82.1 Å². The molecule has 0 radical (unpaired) electrons. The molecule has 0 unspecified atom stereocenters. The number of hydrogen-bond donors (Lipinski definition) is 1. The van der Waals surface area contributed by atoms with E-state index in [0.717, 1.165) is 28.0 Å². The minimum atomic E-state index is -0.564. The maximum Gasteiger partial charge on any atom is 0.255 e. The first-order valence-electron chi connectivity index (χ1n) is 11.2. The minimum absolute atomic E-state index is 0.202. The third-order valence-corrected chi connectivity index (χ3v) is 6.75. The lowest BCUT2D eigenvalue weighted by Crippen LogP contribution is -2.46. The number of hydrogen-bond acceptors (Lipinski definition) is 5. The summed E-state index contributed by atoms with van der Waals surface area (Å²) in [5.74, 6) is 0.591. The minimum Gasteiger partial charge on any atom is -0.493 e. The van der Waals surface area contributed by atoms with Gasteiger partial charge < -0.3 is 15.0 Å². The van der Waals surface area contributed by atoms with Crippen LogP contribution >= 0.6 is 23.2 Å². The fourth-order valence-corrected chi connectivity index (χ4v) is 5.18. The highest BCUT2D eigenvalue weighted by atomic mass is 35.5. The summed E-state index contributed by atoms with van der Waals surface area (Å²) in [6.45, 7) is 2.56. The van der Waals surface area contributed by atoms with Crippen molar-refractivity contribution in [2.24, 2.45) is 0 Å². The molecule has 35 heavy (non-hydrogen) atoms. The van der Waals surface area contributed by atoms with Crippen LogP contribution in [0.2, 0.25) is 10.0 Å². The molecule has 4 aromatic rings. The van der Waals surface area contributed by atoms with Gasteiger partial charge >= 0.3 is 0 Å². The van der Waals surface area contributed by atoms with Crippen LogP contribution in [0.25, 0.3) is 22.2 Å². The van der Waals surface area contributed by atoms with E-state index in [9.17, 15) is 4.79 Å². The number of fused-ring (bicyclic) bond motifs is 2. The highest BCUT2D eigenvalue weighted by Crippen LogP contribution is 2.38. The number of pyridine rings is 2. The first-order chi connectivity index (χ1) is 16.8. The fraction of sp³-hybridized carbons (Fsp3) is 0.222. The van der Waals surface area contributed by atoms with E-state index in [4.69, 9.17) is 27.9 Å². The summed E-state index contributed by atoms with van der Waals surface area (Å²) < 4.78 is 5.80. The Morgan fingerprint density at radius 3 is 2.57 bits per heavy atom. The van der Waals surface area contributed by atoms with Gasteiger partial charge in [-0.3, -0.25) is 14.8 Å². The largest absolute Gasteiger partial charge is 0.493 e. The molecule has 1 N–H and O–H groups in total. The van der Waals surface area contributed by atoms with Crippen LogP contribution in [0.3, 0.4) is 0 Å². The Balaban J connectivity index is 1.60. The molecule has 0 spiro atoms. The molecule has 0 aliphatic carbocycles. The number of amides is 1. The van der Waals surface area contributed by atoms with E-state index in [0.29, 0.717) is 39.8 Å². The average Bonchev–Trinajstić information content (AvgIpc) is 2.82. The molecule has 1 atom stereocenters. The number of aromatic nitrogens is 2. The highest BCUT2D eigenvalue weighted by molar-refractivity contribution is 6.35. The Hall–Kier alpha value is -3.35. The molecule has 0 saturated heterocycles.